The maximum atomic E-state index is 13.9. The lowest BCUT2D eigenvalue weighted by Gasteiger charge is -2.33. The summed E-state index contributed by atoms with van der Waals surface area (Å²) in [6, 6.07) is 7.08. The Labute approximate surface area is 248 Å². The van der Waals surface area contributed by atoms with Gasteiger partial charge in [-0.05, 0) is 55.0 Å². The van der Waals surface area contributed by atoms with Crippen molar-refractivity contribution in [1.82, 2.24) is 15.2 Å². The molecule has 2 amide bonds. The molecule has 2 aromatic rings. The minimum atomic E-state index is -3.52. The van der Waals surface area contributed by atoms with Crippen LogP contribution in [0.1, 0.15) is 72.3 Å². The summed E-state index contributed by atoms with van der Waals surface area (Å²) in [4.78, 5) is 47.2. The van der Waals surface area contributed by atoms with Crippen molar-refractivity contribution in [3.8, 4) is 5.88 Å². The number of carbonyl (C=O) groups is 3. The molecule has 5 atom stereocenters. The monoisotopic (exact) mass is 597 g/mol. The fraction of sp³-hybridized carbons (Fsp3) is 0.625. The van der Waals surface area contributed by atoms with Crippen LogP contribution in [0.15, 0.2) is 30.5 Å². The Morgan fingerprint density at radius 2 is 1.90 bits per heavy atom. The molecule has 10 heteroatoms. The number of ether oxygens (including phenoxy) is 1. The van der Waals surface area contributed by atoms with Crippen molar-refractivity contribution >= 4 is 38.2 Å². The van der Waals surface area contributed by atoms with Gasteiger partial charge in [0.05, 0.1) is 11.8 Å². The first-order chi connectivity index (χ1) is 19.7. The Hall–Kier alpha value is -3.01. The number of aryl methyl sites for hydroxylation is 1. The first-order valence-electron chi connectivity index (χ1n) is 15.1. The van der Waals surface area contributed by atoms with E-state index >= 15 is 0 Å². The molecule has 3 aliphatic rings. The normalized spacial score (nSPS) is 26.6. The van der Waals surface area contributed by atoms with Crippen molar-refractivity contribution in [2.45, 2.75) is 96.6 Å². The predicted molar refractivity (Wildman–Crippen MR) is 161 cm³/mol. The second-order valence-electron chi connectivity index (χ2n) is 13.6. The van der Waals surface area contributed by atoms with E-state index in [1.807, 2.05) is 65.8 Å². The lowest BCUT2D eigenvalue weighted by Crippen LogP contribution is -2.55. The van der Waals surface area contributed by atoms with Gasteiger partial charge in [-0.25, -0.2) is 13.4 Å². The summed E-state index contributed by atoms with van der Waals surface area (Å²) in [6.45, 7) is 12.0. The van der Waals surface area contributed by atoms with E-state index in [0.29, 0.717) is 31.6 Å². The van der Waals surface area contributed by atoms with Crippen LogP contribution in [-0.2, 0) is 24.2 Å². The molecule has 2 saturated carbocycles. The quantitative estimate of drug-likeness (QED) is 0.439. The van der Waals surface area contributed by atoms with Gasteiger partial charge in [-0.1, -0.05) is 58.7 Å². The molecule has 9 nitrogen and oxygen atoms in total. The van der Waals surface area contributed by atoms with E-state index in [4.69, 9.17) is 4.74 Å². The van der Waals surface area contributed by atoms with Crippen molar-refractivity contribution in [2.75, 3.05) is 12.3 Å². The third-order valence-corrected chi connectivity index (χ3v) is 11.6. The van der Waals surface area contributed by atoms with Crippen molar-refractivity contribution in [2.24, 2.45) is 17.3 Å². The zero-order chi connectivity index (χ0) is 30.6. The number of amides is 2. The molecule has 0 bridgehead atoms. The summed E-state index contributed by atoms with van der Waals surface area (Å²) in [5.74, 6) is -1.65. The highest BCUT2D eigenvalue weighted by Crippen LogP contribution is 2.48. The van der Waals surface area contributed by atoms with Crippen LogP contribution in [-0.4, -0.2) is 71.1 Å². The number of sulfone groups is 1. The van der Waals surface area contributed by atoms with Crippen LogP contribution >= 0.6 is 0 Å². The number of hydrogen-bond acceptors (Lipinski definition) is 7. The molecule has 2 aliphatic carbocycles. The summed E-state index contributed by atoms with van der Waals surface area (Å²) in [5, 5.41) is 4.35. The number of ketones is 1. The predicted octanol–water partition coefficient (Wildman–Crippen LogP) is 4.00. The fourth-order valence-corrected chi connectivity index (χ4v) is 7.76. The number of rotatable bonds is 10. The molecule has 3 fully saturated rings. The number of carbonyl (C=O) groups excluding carboxylic acids is 3. The summed E-state index contributed by atoms with van der Waals surface area (Å²) in [7, 11) is -3.52. The minimum Gasteiger partial charge on any atom is -0.472 e. The number of pyridine rings is 1. The first kappa shape index (κ1) is 30.4. The average Bonchev–Trinajstić information content (AvgIpc) is 3.84. The van der Waals surface area contributed by atoms with Crippen molar-refractivity contribution in [3.63, 3.8) is 0 Å². The average molecular weight is 598 g/mol. The van der Waals surface area contributed by atoms with E-state index in [-0.39, 0.29) is 36.1 Å². The zero-order valence-electron chi connectivity index (χ0n) is 25.5. The van der Waals surface area contributed by atoms with Gasteiger partial charge in [0.1, 0.15) is 23.4 Å². The van der Waals surface area contributed by atoms with E-state index in [0.717, 1.165) is 16.3 Å². The number of nitrogens with zero attached hydrogens (tertiary/aromatic N) is 2. The summed E-state index contributed by atoms with van der Waals surface area (Å²) < 4.78 is 31.7. The Balaban J connectivity index is 1.40. The molecule has 1 aliphatic heterocycles. The lowest BCUT2D eigenvalue weighted by molar-refractivity contribution is -0.144. The smallest absolute Gasteiger partial charge is 0.243 e. The topological polar surface area (TPSA) is 123 Å². The molecule has 1 saturated heterocycles. The van der Waals surface area contributed by atoms with E-state index in [1.54, 1.807) is 11.1 Å². The van der Waals surface area contributed by atoms with Crippen LogP contribution in [0.25, 0.3) is 10.8 Å². The molecular weight excluding hydrogens is 554 g/mol. The van der Waals surface area contributed by atoms with Crippen LogP contribution in [0.4, 0.5) is 0 Å². The Kier molecular flexibility index (Phi) is 7.92. The molecule has 1 aromatic carbocycles. The van der Waals surface area contributed by atoms with Crippen LogP contribution in [0.5, 0.6) is 5.88 Å². The molecule has 1 aromatic heterocycles. The Morgan fingerprint density at radius 3 is 2.52 bits per heavy atom. The molecule has 0 unspecified atom stereocenters. The van der Waals surface area contributed by atoms with Crippen LogP contribution < -0.4 is 10.1 Å². The molecule has 2 heterocycles. The van der Waals surface area contributed by atoms with E-state index < -0.39 is 50.2 Å². The van der Waals surface area contributed by atoms with Gasteiger partial charge in [0.25, 0.3) is 0 Å². The number of benzene rings is 1. The van der Waals surface area contributed by atoms with Gasteiger partial charge in [0.15, 0.2) is 15.6 Å². The maximum absolute atomic E-state index is 13.9. The van der Waals surface area contributed by atoms with E-state index in [9.17, 15) is 22.8 Å². The highest BCUT2D eigenvalue weighted by molar-refractivity contribution is 7.93. The van der Waals surface area contributed by atoms with Crippen LogP contribution in [0, 0.1) is 24.2 Å². The zero-order valence-corrected chi connectivity index (χ0v) is 26.3. The highest BCUT2D eigenvalue weighted by Gasteiger charge is 2.61. The number of aromatic nitrogens is 1. The second kappa shape index (κ2) is 10.9. The molecule has 5 rings (SSSR count). The molecule has 42 heavy (non-hydrogen) atoms. The lowest BCUT2D eigenvalue weighted by atomic mass is 9.81. The number of hydrogen-bond donors (Lipinski definition) is 1. The third-order valence-electron chi connectivity index (χ3n) is 9.49. The number of Topliss-reactive ketones (excluding diaryl/α,β-unsaturated/α-hetero) is 1. The maximum Gasteiger partial charge on any atom is 0.243 e. The van der Waals surface area contributed by atoms with Gasteiger partial charge < -0.3 is 15.0 Å². The number of nitrogens with one attached hydrogen (secondary N) is 1. The second-order valence-corrected chi connectivity index (χ2v) is 15.9. The van der Waals surface area contributed by atoms with Gasteiger partial charge in [-0.2, -0.15) is 0 Å². The molecule has 1 N–H and O–H groups in total. The molecule has 0 spiro atoms. The summed E-state index contributed by atoms with van der Waals surface area (Å²) in [6.07, 6.45) is 3.65. The largest absolute Gasteiger partial charge is 0.472 e. The van der Waals surface area contributed by atoms with Crippen LogP contribution in [0.2, 0.25) is 0 Å². The van der Waals surface area contributed by atoms with E-state index in [1.165, 1.54) is 0 Å². The van der Waals surface area contributed by atoms with Gasteiger partial charge in [-0.15, -0.1) is 0 Å². The Morgan fingerprint density at radius 1 is 1.19 bits per heavy atom. The van der Waals surface area contributed by atoms with E-state index in [2.05, 4.69) is 10.3 Å². The van der Waals surface area contributed by atoms with Crippen molar-refractivity contribution in [1.29, 1.82) is 0 Å². The highest BCUT2D eigenvalue weighted by atomic mass is 32.2. The minimum absolute atomic E-state index is 0.127. The SMILES string of the molecule is CC[C@@H]1C[C@]1(NC(=O)[C@@H]1C[C@@H](Oc2nccc3ccc(C)cc23)CN1C(=O)[C@@H](C)C(C)(C)C)C(=O)CS(=O)(=O)C1CC1. The molecule has 228 valence electrons. The summed E-state index contributed by atoms with van der Waals surface area (Å²) in [5.41, 5.74) is -0.469. The Bertz CT molecular complexity index is 1510. The number of likely N-dealkylation sites (tertiary alicyclic amines) is 1. The molecule has 0 radical (unpaired) electrons. The number of fused-ring (bicyclic) bond motifs is 1. The fourth-order valence-electron chi connectivity index (χ4n) is 6.05. The van der Waals surface area contributed by atoms with Crippen molar-refractivity contribution in [3.05, 3.63) is 36.0 Å². The summed E-state index contributed by atoms with van der Waals surface area (Å²) >= 11 is 0. The molecular formula is C32H43N3O6S. The first-order valence-corrected chi connectivity index (χ1v) is 16.8. The standard InChI is InChI=1S/C32H43N3O6S/c1-7-22-16-32(22,27(36)18-42(39,40)24-10-11-24)34-28(37)26-15-23(17-35(26)30(38)20(3)31(4,5)6)41-29-25-14-19(2)8-9-21(25)12-13-33-29/h8-9,12-14,20,22-24,26H,7,10-11,15-18H2,1-6H3,(H,34,37)/t20-,22-,23-,26+,32-/m1/s1. The van der Waals surface area contributed by atoms with Gasteiger partial charge >= 0.3 is 0 Å². The van der Waals surface area contributed by atoms with Gasteiger partial charge in [0.2, 0.25) is 17.7 Å². The van der Waals surface area contributed by atoms with Crippen molar-refractivity contribution < 1.29 is 27.5 Å². The third kappa shape index (κ3) is 5.92. The van der Waals surface area contributed by atoms with Gasteiger partial charge in [0, 0.05) is 23.9 Å². The van der Waals surface area contributed by atoms with Gasteiger partial charge in [-0.3, -0.25) is 14.4 Å². The van der Waals surface area contributed by atoms with Crippen LogP contribution in [0.3, 0.4) is 0 Å².